The van der Waals surface area contributed by atoms with E-state index in [2.05, 4.69) is 4.99 Å². The SMILES string of the molecule is CN1CCN(C)C(=Nc2c(F)cccc2F)CC1=O. The largest absolute Gasteiger partial charge is 0.361 e. The molecule has 1 aromatic rings. The van der Waals surface area contributed by atoms with Crippen LogP contribution in [0.5, 0.6) is 0 Å². The molecule has 1 aromatic carbocycles. The number of carbonyl (C=O) groups excluding carboxylic acids is 1. The van der Waals surface area contributed by atoms with Crippen LogP contribution in [0, 0.1) is 11.6 Å². The summed E-state index contributed by atoms with van der Waals surface area (Å²) in [7, 11) is 3.45. The first-order chi connectivity index (χ1) is 8.99. The summed E-state index contributed by atoms with van der Waals surface area (Å²) >= 11 is 0. The van der Waals surface area contributed by atoms with Gasteiger partial charge in [0.25, 0.3) is 0 Å². The highest BCUT2D eigenvalue weighted by Crippen LogP contribution is 2.23. The van der Waals surface area contributed by atoms with Crippen molar-refractivity contribution in [3.8, 4) is 0 Å². The highest BCUT2D eigenvalue weighted by molar-refractivity contribution is 6.01. The molecule has 0 spiro atoms. The predicted molar refractivity (Wildman–Crippen MR) is 68.3 cm³/mol. The lowest BCUT2D eigenvalue weighted by Crippen LogP contribution is -2.29. The average molecular weight is 267 g/mol. The molecule has 0 radical (unpaired) electrons. The van der Waals surface area contributed by atoms with Crippen LogP contribution in [0.15, 0.2) is 23.2 Å². The number of benzene rings is 1. The Kier molecular flexibility index (Phi) is 3.78. The van der Waals surface area contributed by atoms with Crippen molar-refractivity contribution in [1.29, 1.82) is 0 Å². The molecule has 19 heavy (non-hydrogen) atoms. The topological polar surface area (TPSA) is 35.9 Å². The zero-order valence-electron chi connectivity index (χ0n) is 10.9. The Morgan fingerprint density at radius 2 is 1.68 bits per heavy atom. The van der Waals surface area contributed by atoms with Crippen LogP contribution in [0.3, 0.4) is 0 Å². The van der Waals surface area contributed by atoms with Crippen molar-refractivity contribution >= 4 is 17.4 Å². The zero-order valence-corrected chi connectivity index (χ0v) is 10.9. The van der Waals surface area contributed by atoms with Crippen molar-refractivity contribution in [1.82, 2.24) is 9.80 Å². The molecular weight excluding hydrogens is 252 g/mol. The molecule has 0 aliphatic carbocycles. The number of likely N-dealkylation sites (N-methyl/N-ethyl adjacent to an activating group) is 2. The van der Waals surface area contributed by atoms with Crippen LogP contribution in [0.2, 0.25) is 0 Å². The average Bonchev–Trinajstić information content (AvgIpc) is 2.48. The normalized spacial score (nSPS) is 18.9. The van der Waals surface area contributed by atoms with E-state index < -0.39 is 11.6 Å². The molecular formula is C13H15F2N3O. The molecule has 0 aromatic heterocycles. The molecule has 0 N–H and O–H groups in total. The molecule has 0 bridgehead atoms. The number of carbonyl (C=O) groups is 1. The number of para-hydroxylation sites is 1. The first-order valence-corrected chi connectivity index (χ1v) is 5.95. The van der Waals surface area contributed by atoms with E-state index in [1.165, 1.54) is 6.07 Å². The minimum absolute atomic E-state index is 0.0424. The van der Waals surface area contributed by atoms with Gasteiger partial charge in [-0.2, -0.15) is 0 Å². The molecule has 0 atom stereocenters. The molecule has 1 aliphatic rings. The van der Waals surface area contributed by atoms with Gasteiger partial charge in [-0.3, -0.25) is 4.79 Å². The van der Waals surface area contributed by atoms with E-state index in [1.807, 2.05) is 0 Å². The first kappa shape index (κ1) is 13.5. The lowest BCUT2D eigenvalue weighted by molar-refractivity contribution is -0.128. The summed E-state index contributed by atoms with van der Waals surface area (Å²) in [6.07, 6.45) is 0.0424. The van der Waals surface area contributed by atoms with Gasteiger partial charge in [-0.25, -0.2) is 13.8 Å². The van der Waals surface area contributed by atoms with Gasteiger partial charge in [-0.15, -0.1) is 0 Å². The highest BCUT2D eigenvalue weighted by Gasteiger charge is 2.21. The number of amidine groups is 1. The predicted octanol–water partition coefficient (Wildman–Crippen LogP) is 1.79. The van der Waals surface area contributed by atoms with Crippen molar-refractivity contribution in [3.05, 3.63) is 29.8 Å². The van der Waals surface area contributed by atoms with Gasteiger partial charge < -0.3 is 9.80 Å². The third-order valence-electron chi connectivity index (χ3n) is 3.12. The summed E-state index contributed by atoms with van der Waals surface area (Å²) in [5.41, 5.74) is -0.346. The van der Waals surface area contributed by atoms with E-state index >= 15 is 0 Å². The van der Waals surface area contributed by atoms with Crippen LogP contribution in [0.25, 0.3) is 0 Å². The van der Waals surface area contributed by atoms with Gasteiger partial charge in [-0.05, 0) is 12.1 Å². The number of hydrogen-bond acceptors (Lipinski definition) is 2. The molecule has 4 nitrogen and oxygen atoms in total. The second-order valence-electron chi connectivity index (χ2n) is 4.51. The standard InChI is InChI=1S/C13H15F2N3O/c1-17-6-7-18(2)12(19)8-11(17)16-13-9(14)4-3-5-10(13)15/h3-5H,6-8H2,1-2H3. The molecule has 6 heteroatoms. The van der Waals surface area contributed by atoms with Gasteiger partial charge in [0.15, 0.2) is 11.6 Å². The number of aliphatic imine (C=N–C) groups is 1. The summed E-state index contributed by atoms with van der Waals surface area (Å²) < 4.78 is 27.1. The summed E-state index contributed by atoms with van der Waals surface area (Å²) in [4.78, 5) is 19.1. The van der Waals surface area contributed by atoms with E-state index in [0.717, 1.165) is 12.1 Å². The second kappa shape index (κ2) is 5.34. The fourth-order valence-corrected chi connectivity index (χ4v) is 1.81. The molecule has 0 unspecified atom stereocenters. The Morgan fingerprint density at radius 3 is 2.32 bits per heavy atom. The van der Waals surface area contributed by atoms with Crippen LogP contribution in [-0.4, -0.2) is 48.7 Å². The summed E-state index contributed by atoms with van der Waals surface area (Å²) in [5.74, 6) is -1.20. The maximum atomic E-state index is 13.5. The van der Waals surface area contributed by atoms with Crippen molar-refractivity contribution in [2.45, 2.75) is 6.42 Å². The number of rotatable bonds is 1. The van der Waals surface area contributed by atoms with E-state index in [1.54, 1.807) is 23.9 Å². The Hall–Kier alpha value is -1.98. The van der Waals surface area contributed by atoms with Crippen LogP contribution in [-0.2, 0) is 4.79 Å². The third-order valence-corrected chi connectivity index (χ3v) is 3.12. The Morgan fingerprint density at radius 1 is 1.11 bits per heavy atom. The Balaban J connectivity index is 2.38. The van der Waals surface area contributed by atoms with E-state index in [-0.39, 0.29) is 18.0 Å². The number of nitrogens with zero attached hydrogens (tertiary/aromatic N) is 3. The Bertz CT molecular complexity index is 510. The van der Waals surface area contributed by atoms with E-state index in [4.69, 9.17) is 0 Å². The summed E-state index contributed by atoms with van der Waals surface area (Å²) in [5, 5.41) is 0. The van der Waals surface area contributed by atoms with Crippen LogP contribution < -0.4 is 0 Å². The fourth-order valence-electron chi connectivity index (χ4n) is 1.81. The molecule has 1 aliphatic heterocycles. The van der Waals surface area contributed by atoms with Gasteiger partial charge in [0.1, 0.15) is 11.5 Å². The fraction of sp³-hybridized carbons (Fsp3) is 0.385. The molecule has 1 saturated heterocycles. The first-order valence-electron chi connectivity index (χ1n) is 5.95. The minimum Gasteiger partial charge on any atom is -0.361 e. The van der Waals surface area contributed by atoms with Crippen molar-refractivity contribution < 1.29 is 13.6 Å². The summed E-state index contributed by atoms with van der Waals surface area (Å²) in [6.45, 7) is 1.14. The van der Waals surface area contributed by atoms with Gasteiger partial charge in [0.05, 0.1) is 6.42 Å². The molecule has 1 fully saturated rings. The van der Waals surface area contributed by atoms with Gasteiger partial charge in [-0.1, -0.05) is 6.07 Å². The molecule has 1 amide bonds. The van der Waals surface area contributed by atoms with Gasteiger partial charge >= 0.3 is 0 Å². The smallest absolute Gasteiger partial charge is 0.229 e. The lowest BCUT2D eigenvalue weighted by Gasteiger charge is -2.17. The monoisotopic (exact) mass is 267 g/mol. The second-order valence-corrected chi connectivity index (χ2v) is 4.51. The van der Waals surface area contributed by atoms with E-state index in [0.29, 0.717) is 18.9 Å². The van der Waals surface area contributed by atoms with Crippen molar-refractivity contribution in [3.63, 3.8) is 0 Å². The summed E-state index contributed by atoms with van der Waals surface area (Å²) in [6, 6.07) is 3.57. The molecule has 102 valence electrons. The minimum atomic E-state index is -0.731. The molecule has 2 rings (SSSR count). The highest BCUT2D eigenvalue weighted by atomic mass is 19.1. The Labute approximate surface area is 110 Å². The van der Waals surface area contributed by atoms with Crippen molar-refractivity contribution in [2.24, 2.45) is 4.99 Å². The van der Waals surface area contributed by atoms with Crippen LogP contribution >= 0.6 is 0 Å². The lowest BCUT2D eigenvalue weighted by atomic mass is 10.3. The van der Waals surface area contributed by atoms with Crippen molar-refractivity contribution in [2.75, 3.05) is 27.2 Å². The molecule has 1 heterocycles. The van der Waals surface area contributed by atoms with E-state index in [9.17, 15) is 13.6 Å². The quantitative estimate of drug-likeness (QED) is 0.777. The van der Waals surface area contributed by atoms with Gasteiger partial charge in [0, 0.05) is 27.2 Å². The van der Waals surface area contributed by atoms with Crippen LogP contribution in [0.4, 0.5) is 14.5 Å². The van der Waals surface area contributed by atoms with Crippen LogP contribution in [0.1, 0.15) is 6.42 Å². The number of hydrogen-bond donors (Lipinski definition) is 0. The number of amides is 1. The maximum Gasteiger partial charge on any atom is 0.229 e. The van der Waals surface area contributed by atoms with Gasteiger partial charge in [0.2, 0.25) is 5.91 Å². The number of halogens is 2. The molecule has 0 saturated carbocycles. The zero-order chi connectivity index (χ0) is 14.0. The maximum absolute atomic E-state index is 13.5. The third kappa shape index (κ3) is 2.89.